The molecule has 0 spiro atoms. The fourth-order valence-electron chi connectivity index (χ4n) is 1.86. The number of ether oxygens (including phenoxy) is 2. The van der Waals surface area contributed by atoms with Crippen LogP contribution in [0.1, 0.15) is 24.6 Å². The van der Waals surface area contributed by atoms with Gasteiger partial charge in [0.05, 0.1) is 25.0 Å². The van der Waals surface area contributed by atoms with E-state index in [4.69, 9.17) is 33.3 Å². The van der Waals surface area contributed by atoms with Crippen molar-refractivity contribution < 1.29 is 9.47 Å². The third-order valence-corrected chi connectivity index (χ3v) is 3.58. The molecule has 1 aromatic carbocycles. The van der Waals surface area contributed by atoms with E-state index in [1.165, 1.54) is 13.3 Å². The van der Waals surface area contributed by atoms with E-state index in [9.17, 15) is 4.79 Å². The highest BCUT2D eigenvalue weighted by Crippen LogP contribution is 2.36. The van der Waals surface area contributed by atoms with Gasteiger partial charge in [0.2, 0.25) is 4.77 Å². The van der Waals surface area contributed by atoms with Gasteiger partial charge in [-0.15, -0.1) is 0 Å². The smallest absolute Gasteiger partial charge is 0.296 e. The van der Waals surface area contributed by atoms with Crippen LogP contribution in [-0.4, -0.2) is 34.8 Å². The van der Waals surface area contributed by atoms with Crippen molar-refractivity contribution in [3.05, 3.63) is 43.5 Å². The zero-order valence-corrected chi connectivity index (χ0v) is 15.1. The van der Waals surface area contributed by atoms with E-state index in [-0.39, 0.29) is 10.5 Å². The summed E-state index contributed by atoms with van der Waals surface area (Å²) in [7, 11) is 1.53. The topological polar surface area (TPSA) is 81.5 Å². The molecule has 1 heterocycles. The van der Waals surface area contributed by atoms with E-state index in [0.29, 0.717) is 28.7 Å². The number of methoxy groups -OCH3 is 1. The van der Waals surface area contributed by atoms with E-state index >= 15 is 0 Å². The summed E-state index contributed by atoms with van der Waals surface area (Å²) in [6.45, 7) is 4.10. The van der Waals surface area contributed by atoms with E-state index in [0.717, 1.165) is 11.1 Å². The van der Waals surface area contributed by atoms with Gasteiger partial charge in [-0.2, -0.15) is 14.9 Å². The van der Waals surface area contributed by atoms with Crippen LogP contribution in [0.3, 0.4) is 0 Å². The molecule has 0 bridgehead atoms. The van der Waals surface area contributed by atoms with Crippen LogP contribution in [0.4, 0.5) is 0 Å². The molecule has 0 aliphatic heterocycles. The largest absolute Gasteiger partial charge is 0.493 e. The zero-order valence-electron chi connectivity index (χ0n) is 13.5. The maximum absolute atomic E-state index is 12.0. The molecule has 2 rings (SSSR count). The minimum absolute atomic E-state index is 0.0998. The van der Waals surface area contributed by atoms with Crippen molar-refractivity contribution in [1.29, 1.82) is 0 Å². The first-order valence-corrected chi connectivity index (χ1v) is 7.99. The van der Waals surface area contributed by atoms with Crippen LogP contribution >= 0.6 is 23.8 Å². The minimum Gasteiger partial charge on any atom is -0.493 e. The molecule has 0 saturated heterocycles. The summed E-state index contributed by atoms with van der Waals surface area (Å²) >= 11 is 11.3. The summed E-state index contributed by atoms with van der Waals surface area (Å²) in [5.74, 6) is 0.966. The first kappa shape index (κ1) is 18.2. The Morgan fingerprint density at radius 2 is 2.25 bits per heavy atom. The molecule has 0 saturated carbocycles. The molecule has 0 amide bonds. The molecule has 1 aromatic heterocycles. The SMILES string of the molecule is CCCOc1c(Cl)cc(/C=N\n2c(=S)[nH]nc(C)c2=O)cc1OC. The molecule has 0 aliphatic carbocycles. The third kappa shape index (κ3) is 4.01. The normalized spacial score (nSPS) is 11.0. The highest BCUT2D eigenvalue weighted by Gasteiger charge is 2.11. The highest BCUT2D eigenvalue weighted by atomic mass is 35.5. The number of halogens is 1. The third-order valence-electron chi connectivity index (χ3n) is 3.04. The number of nitrogens with zero attached hydrogens (tertiary/aromatic N) is 3. The average molecular weight is 369 g/mol. The molecule has 2 aromatic rings. The molecule has 1 N–H and O–H groups in total. The standard InChI is InChI=1S/C15H17ClN4O3S/c1-4-5-23-13-11(16)6-10(7-12(13)22-3)8-17-20-14(21)9(2)18-19-15(20)24/h6-8H,4-5H2,1-3H3,(H,19,24)/b17-8-. The summed E-state index contributed by atoms with van der Waals surface area (Å²) in [4.78, 5) is 12.0. The van der Waals surface area contributed by atoms with Crippen molar-refractivity contribution in [3.8, 4) is 11.5 Å². The monoisotopic (exact) mass is 368 g/mol. The minimum atomic E-state index is -0.393. The van der Waals surface area contributed by atoms with E-state index in [1.807, 2.05) is 6.92 Å². The van der Waals surface area contributed by atoms with Crippen LogP contribution in [0, 0.1) is 11.7 Å². The molecule has 0 fully saturated rings. The molecule has 24 heavy (non-hydrogen) atoms. The van der Waals surface area contributed by atoms with E-state index in [1.54, 1.807) is 19.1 Å². The molecule has 0 radical (unpaired) electrons. The number of benzene rings is 1. The van der Waals surface area contributed by atoms with Gasteiger partial charge in [-0.1, -0.05) is 18.5 Å². The molecule has 128 valence electrons. The second-order valence-corrected chi connectivity index (χ2v) is 5.65. The quantitative estimate of drug-likeness (QED) is 0.626. The van der Waals surface area contributed by atoms with Crippen molar-refractivity contribution >= 4 is 30.0 Å². The molecule has 0 unspecified atom stereocenters. The number of aryl methyl sites for hydroxylation is 1. The molecular weight excluding hydrogens is 352 g/mol. The second-order valence-electron chi connectivity index (χ2n) is 4.86. The average Bonchev–Trinajstić information content (AvgIpc) is 2.57. The maximum atomic E-state index is 12.0. The molecular formula is C15H17ClN4O3S. The second kappa shape index (κ2) is 8.07. The number of hydrogen-bond donors (Lipinski definition) is 1. The molecule has 0 aliphatic rings. The Kier molecular flexibility index (Phi) is 6.10. The Hall–Kier alpha value is -2.19. The summed E-state index contributed by atoms with van der Waals surface area (Å²) in [6.07, 6.45) is 2.31. The van der Waals surface area contributed by atoms with Gasteiger partial charge in [0.25, 0.3) is 5.56 Å². The van der Waals surface area contributed by atoms with Crippen LogP contribution in [0.5, 0.6) is 11.5 Å². The molecule has 7 nitrogen and oxygen atoms in total. The first-order valence-electron chi connectivity index (χ1n) is 7.21. The number of aromatic amines is 1. The Morgan fingerprint density at radius 3 is 2.92 bits per heavy atom. The van der Waals surface area contributed by atoms with Crippen LogP contribution in [-0.2, 0) is 0 Å². The Balaban J connectivity index is 2.41. The highest BCUT2D eigenvalue weighted by molar-refractivity contribution is 7.71. The van der Waals surface area contributed by atoms with Crippen molar-refractivity contribution in [2.24, 2.45) is 5.10 Å². The number of nitrogens with one attached hydrogen (secondary N) is 1. The number of H-pyrrole nitrogens is 1. The lowest BCUT2D eigenvalue weighted by molar-refractivity contribution is 0.294. The van der Waals surface area contributed by atoms with Crippen LogP contribution < -0.4 is 15.0 Å². The maximum Gasteiger partial charge on any atom is 0.296 e. The Bertz CT molecular complexity index is 876. The van der Waals surface area contributed by atoms with Gasteiger partial charge >= 0.3 is 0 Å². The number of rotatable bonds is 6. The van der Waals surface area contributed by atoms with Crippen LogP contribution in [0.2, 0.25) is 5.02 Å². The predicted molar refractivity (Wildman–Crippen MR) is 95.2 cm³/mol. The Morgan fingerprint density at radius 1 is 1.50 bits per heavy atom. The summed E-state index contributed by atoms with van der Waals surface area (Å²) in [5, 5.41) is 10.8. The molecule has 0 atom stereocenters. The van der Waals surface area contributed by atoms with Crippen molar-refractivity contribution in [2.75, 3.05) is 13.7 Å². The zero-order chi connectivity index (χ0) is 17.7. The molecule has 9 heteroatoms. The van der Waals surface area contributed by atoms with Crippen LogP contribution in [0.15, 0.2) is 22.0 Å². The van der Waals surface area contributed by atoms with Gasteiger partial charge in [-0.25, -0.2) is 0 Å². The van der Waals surface area contributed by atoms with Crippen molar-refractivity contribution in [1.82, 2.24) is 14.9 Å². The lowest BCUT2D eigenvalue weighted by Gasteiger charge is -2.12. The van der Waals surface area contributed by atoms with Gasteiger partial charge in [0, 0.05) is 0 Å². The predicted octanol–water partition coefficient (Wildman–Crippen LogP) is 2.94. The fourth-order valence-corrected chi connectivity index (χ4v) is 2.31. The summed E-state index contributed by atoms with van der Waals surface area (Å²) in [6, 6.07) is 3.39. The number of hydrogen-bond acceptors (Lipinski definition) is 6. The first-order chi connectivity index (χ1) is 11.5. The van der Waals surface area contributed by atoms with Gasteiger partial charge in [0.15, 0.2) is 11.5 Å². The summed E-state index contributed by atoms with van der Waals surface area (Å²) in [5.41, 5.74) is 0.507. The Labute approximate surface area is 148 Å². The lowest BCUT2D eigenvalue weighted by Crippen LogP contribution is -2.22. The van der Waals surface area contributed by atoms with Gasteiger partial charge in [0.1, 0.15) is 5.69 Å². The van der Waals surface area contributed by atoms with E-state index < -0.39 is 5.56 Å². The summed E-state index contributed by atoms with van der Waals surface area (Å²) < 4.78 is 12.1. The van der Waals surface area contributed by atoms with Crippen molar-refractivity contribution in [2.45, 2.75) is 20.3 Å². The van der Waals surface area contributed by atoms with Gasteiger partial charge in [-0.3, -0.25) is 9.89 Å². The van der Waals surface area contributed by atoms with Crippen molar-refractivity contribution in [3.63, 3.8) is 0 Å². The van der Waals surface area contributed by atoms with Crippen LogP contribution in [0.25, 0.3) is 0 Å². The van der Waals surface area contributed by atoms with Gasteiger partial charge < -0.3 is 9.47 Å². The fraction of sp³-hybridized carbons (Fsp3) is 0.333. The number of aromatic nitrogens is 3. The van der Waals surface area contributed by atoms with E-state index in [2.05, 4.69) is 15.3 Å². The lowest BCUT2D eigenvalue weighted by atomic mass is 10.2. The van der Waals surface area contributed by atoms with Gasteiger partial charge in [-0.05, 0) is 43.3 Å².